The number of amides is 1. The Balaban J connectivity index is 1.73. The second kappa shape index (κ2) is 8.87. The van der Waals surface area contributed by atoms with Gasteiger partial charge in [0.2, 0.25) is 5.91 Å². The first kappa shape index (κ1) is 21.4. The van der Waals surface area contributed by atoms with E-state index in [4.69, 9.17) is 0 Å². The number of aromatic nitrogens is 1. The summed E-state index contributed by atoms with van der Waals surface area (Å²) in [6, 6.07) is 3.30. The number of rotatable bonds is 8. The van der Waals surface area contributed by atoms with E-state index >= 15 is 0 Å². The predicted molar refractivity (Wildman–Crippen MR) is 87.4 cm³/mol. The van der Waals surface area contributed by atoms with E-state index in [2.05, 4.69) is 15.0 Å². The molecule has 0 aliphatic carbocycles. The maximum absolute atomic E-state index is 12.7. The minimum Gasteiger partial charge on any atom is -0.372 e. The molecule has 2 rings (SSSR count). The monoisotopic (exact) mass is 414 g/mol. The molecular formula is C16H16F6N2O2S. The molecule has 4 nitrogen and oxygen atoms in total. The van der Waals surface area contributed by atoms with Gasteiger partial charge in [0.05, 0.1) is 20.8 Å². The SMILES string of the molecule is O=C(CCc1nc2cc(C(F)(F)F)ccc2s1)NCCCOCC(F)(F)F. The van der Waals surface area contributed by atoms with E-state index in [0.29, 0.717) is 9.71 Å². The fourth-order valence-electron chi connectivity index (χ4n) is 2.16. The average molecular weight is 414 g/mol. The van der Waals surface area contributed by atoms with Crippen molar-refractivity contribution in [2.75, 3.05) is 19.8 Å². The second-order valence-electron chi connectivity index (χ2n) is 5.66. The Morgan fingerprint density at radius 3 is 2.59 bits per heavy atom. The van der Waals surface area contributed by atoms with Gasteiger partial charge in [0.25, 0.3) is 0 Å². The van der Waals surface area contributed by atoms with Crippen molar-refractivity contribution in [3.8, 4) is 0 Å². The molecule has 0 radical (unpaired) electrons. The summed E-state index contributed by atoms with van der Waals surface area (Å²) < 4.78 is 78.6. The molecule has 0 saturated heterocycles. The smallest absolute Gasteiger partial charge is 0.372 e. The van der Waals surface area contributed by atoms with E-state index in [1.54, 1.807) is 0 Å². The lowest BCUT2D eigenvalue weighted by Crippen LogP contribution is -2.26. The number of aryl methyl sites for hydroxylation is 1. The van der Waals surface area contributed by atoms with E-state index < -0.39 is 24.5 Å². The van der Waals surface area contributed by atoms with Crippen LogP contribution in [-0.4, -0.2) is 36.8 Å². The summed E-state index contributed by atoms with van der Waals surface area (Å²) in [4.78, 5) is 15.8. The lowest BCUT2D eigenvalue weighted by Gasteiger charge is -2.08. The fourth-order valence-corrected chi connectivity index (χ4v) is 3.10. The lowest BCUT2D eigenvalue weighted by molar-refractivity contribution is -0.174. The van der Waals surface area contributed by atoms with Gasteiger partial charge in [-0.1, -0.05) is 0 Å². The minimum atomic E-state index is -4.44. The third-order valence-corrected chi connectivity index (χ3v) is 4.47. The number of benzene rings is 1. The van der Waals surface area contributed by atoms with Crippen LogP contribution in [0.4, 0.5) is 26.3 Å². The van der Waals surface area contributed by atoms with Crippen LogP contribution in [0.25, 0.3) is 10.2 Å². The van der Waals surface area contributed by atoms with Gasteiger partial charge in [-0.3, -0.25) is 4.79 Å². The highest BCUT2D eigenvalue weighted by molar-refractivity contribution is 7.18. The van der Waals surface area contributed by atoms with Crippen molar-refractivity contribution < 1.29 is 35.9 Å². The van der Waals surface area contributed by atoms with Crippen molar-refractivity contribution in [3.63, 3.8) is 0 Å². The molecular weight excluding hydrogens is 398 g/mol. The summed E-state index contributed by atoms with van der Waals surface area (Å²) >= 11 is 1.21. The number of hydrogen-bond donors (Lipinski definition) is 1. The van der Waals surface area contributed by atoms with Crippen molar-refractivity contribution in [1.82, 2.24) is 10.3 Å². The summed E-state index contributed by atoms with van der Waals surface area (Å²) in [6.07, 6.45) is -8.24. The number of fused-ring (bicyclic) bond motifs is 1. The maximum Gasteiger partial charge on any atom is 0.416 e. The number of ether oxygens (including phenoxy) is 1. The molecule has 0 atom stereocenters. The number of carbonyl (C=O) groups is 1. The zero-order valence-electron chi connectivity index (χ0n) is 13.9. The van der Waals surface area contributed by atoms with Crippen molar-refractivity contribution >= 4 is 27.5 Å². The van der Waals surface area contributed by atoms with Gasteiger partial charge in [-0.25, -0.2) is 4.98 Å². The van der Waals surface area contributed by atoms with Gasteiger partial charge in [-0.2, -0.15) is 26.3 Å². The first-order valence-corrected chi connectivity index (χ1v) is 8.74. The Morgan fingerprint density at radius 2 is 1.93 bits per heavy atom. The molecule has 150 valence electrons. The van der Waals surface area contributed by atoms with Gasteiger partial charge in [0.15, 0.2) is 0 Å². The number of thiazole rings is 1. The largest absolute Gasteiger partial charge is 0.416 e. The Morgan fingerprint density at radius 1 is 1.19 bits per heavy atom. The Labute approximate surface area is 154 Å². The predicted octanol–water partition coefficient (Wildman–Crippen LogP) is 4.33. The van der Waals surface area contributed by atoms with Gasteiger partial charge in [0.1, 0.15) is 6.61 Å². The van der Waals surface area contributed by atoms with Crippen LogP contribution in [0.1, 0.15) is 23.4 Å². The van der Waals surface area contributed by atoms with E-state index in [1.165, 1.54) is 17.4 Å². The van der Waals surface area contributed by atoms with E-state index in [-0.39, 0.29) is 43.8 Å². The van der Waals surface area contributed by atoms with Crippen LogP contribution < -0.4 is 5.32 Å². The van der Waals surface area contributed by atoms with Crippen LogP contribution in [-0.2, 0) is 22.1 Å². The Kier molecular flexibility index (Phi) is 7.04. The molecule has 0 saturated carbocycles. The molecule has 0 bridgehead atoms. The molecule has 1 aromatic carbocycles. The summed E-state index contributed by atoms with van der Waals surface area (Å²) in [5, 5.41) is 3.08. The summed E-state index contributed by atoms with van der Waals surface area (Å²) in [5.41, 5.74) is -0.551. The maximum atomic E-state index is 12.7. The number of nitrogens with zero attached hydrogens (tertiary/aromatic N) is 1. The van der Waals surface area contributed by atoms with E-state index in [9.17, 15) is 31.1 Å². The number of carbonyl (C=O) groups excluding carboxylic acids is 1. The highest BCUT2D eigenvalue weighted by Gasteiger charge is 2.30. The van der Waals surface area contributed by atoms with Crippen LogP contribution in [0.5, 0.6) is 0 Å². The van der Waals surface area contributed by atoms with Crippen LogP contribution in [0.2, 0.25) is 0 Å². The number of halogens is 6. The van der Waals surface area contributed by atoms with Crippen LogP contribution in [0.3, 0.4) is 0 Å². The molecule has 0 aliphatic rings. The van der Waals surface area contributed by atoms with Crippen molar-refractivity contribution in [2.24, 2.45) is 0 Å². The van der Waals surface area contributed by atoms with Gasteiger partial charge in [-0.05, 0) is 24.6 Å². The molecule has 1 heterocycles. The Bertz CT molecular complexity index is 772. The second-order valence-corrected chi connectivity index (χ2v) is 6.77. The zero-order chi connectivity index (χ0) is 20.1. The normalized spacial score (nSPS) is 12.5. The van der Waals surface area contributed by atoms with E-state index in [1.807, 2.05) is 0 Å². The highest BCUT2D eigenvalue weighted by atomic mass is 32.1. The molecule has 0 fully saturated rings. The first-order valence-electron chi connectivity index (χ1n) is 7.92. The Hall–Kier alpha value is -1.88. The fraction of sp³-hybridized carbons (Fsp3) is 0.500. The summed E-state index contributed by atoms with van der Waals surface area (Å²) in [5.74, 6) is -0.318. The molecule has 0 aliphatic heterocycles. The summed E-state index contributed by atoms with van der Waals surface area (Å²) in [7, 11) is 0. The van der Waals surface area contributed by atoms with Crippen molar-refractivity contribution in [1.29, 1.82) is 0 Å². The average Bonchev–Trinajstić information content (AvgIpc) is 2.96. The number of nitrogens with one attached hydrogen (secondary N) is 1. The van der Waals surface area contributed by atoms with Crippen LogP contribution in [0, 0.1) is 0 Å². The number of hydrogen-bond acceptors (Lipinski definition) is 4. The number of alkyl halides is 6. The third kappa shape index (κ3) is 7.33. The first-order chi connectivity index (χ1) is 12.5. The van der Waals surface area contributed by atoms with Gasteiger partial charge >= 0.3 is 12.4 Å². The third-order valence-electron chi connectivity index (χ3n) is 3.38. The molecule has 2 aromatic rings. The molecule has 1 aromatic heterocycles. The molecule has 11 heteroatoms. The lowest BCUT2D eigenvalue weighted by atomic mass is 10.2. The molecule has 0 unspecified atom stereocenters. The molecule has 1 amide bonds. The molecule has 1 N–H and O–H groups in total. The van der Waals surface area contributed by atoms with Gasteiger partial charge in [-0.15, -0.1) is 11.3 Å². The standard InChI is InChI=1S/C16H16F6N2O2S/c17-15(18,19)9-26-7-1-6-23-13(25)4-5-14-24-11-8-10(16(20,21)22)2-3-12(11)27-14/h2-3,8H,1,4-7,9H2,(H,23,25). The van der Waals surface area contributed by atoms with E-state index in [0.717, 1.165) is 12.1 Å². The van der Waals surface area contributed by atoms with Gasteiger partial charge in [0, 0.05) is 26.0 Å². The van der Waals surface area contributed by atoms with Crippen LogP contribution in [0.15, 0.2) is 18.2 Å². The van der Waals surface area contributed by atoms with Crippen molar-refractivity contribution in [2.45, 2.75) is 31.6 Å². The van der Waals surface area contributed by atoms with Crippen molar-refractivity contribution in [3.05, 3.63) is 28.8 Å². The highest BCUT2D eigenvalue weighted by Crippen LogP contribution is 2.33. The topological polar surface area (TPSA) is 51.2 Å². The van der Waals surface area contributed by atoms with Gasteiger partial charge < -0.3 is 10.1 Å². The van der Waals surface area contributed by atoms with Crippen LogP contribution >= 0.6 is 11.3 Å². The zero-order valence-corrected chi connectivity index (χ0v) is 14.7. The quantitative estimate of drug-likeness (QED) is 0.517. The summed E-state index contributed by atoms with van der Waals surface area (Å²) in [6.45, 7) is -1.28. The molecule has 27 heavy (non-hydrogen) atoms. The minimum absolute atomic E-state index is 0.0787. The molecule has 0 spiro atoms.